The third-order valence-corrected chi connectivity index (χ3v) is 4.94. The first-order chi connectivity index (χ1) is 13.1. The van der Waals surface area contributed by atoms with E-state index in [1.54, 1.807) is 30.4 Å². The number of hydrogen-bond acceptors (Lipinski definition) is 5. The number of nitrogens with zero attached hydrogens (tertiary/aromatic N) is 3. The number of aromatic nitrogens is 2. The molecule has 1 aliphatic carbocycles. The van der Waals surface area contributed by atoms with Crippen LogP contribution in [-0.2, 0) is 28.0 Å². The van der Waals surface area contributed by atoms with E-state index in [4.69, 9.17) is 4.74 Å². The van der Waals surface area contributed by atoms with Crippen LogP contribution in [0.15, 0.2) is 0 Å². The summed E-state index contributed by atoms with van der Waals surface area (Å²) in [6.07, 6.45) is 0.782. The molecule has 1 aromatic heterocycles. The quantitative estimate of drug-likeness (QED) is 0.820. The van der Waals surface area contributed by atoms with E-state index < -0.39 is 23.7 Å². The molecule has 0 saturated heterocycles. The molecule has 10 heteroatoms. The van der Waals surface area contributed by atoms with E-state index in [1.165, 1.54) is 7.05 Å². The lowest BCUT2D eigenvalue weighted by molar-refractivity contribution is -0.134. The van der Waals surface area contributed by atoms with E-state index in [1.807, 2.05) is 0 Å². The van der Waals surface area contributed by atoms with E-state index in [9.17, 15) is 18.4 Å². The molecule has 1 aromatic rings. The van der Waals surface area contributed by atoms with Gasteiger partial charge in [-0.2, -0.15) is 13.9 Å². The minimum absolute atomic E-state index is 0.195. The molecule has 0 spiro atoms. The molecular weight excluding hydrogens is 374 g/mol. The minimum atomic E-state index is -2.88. The van der Waals surface area contributed by atoms with Crippen molar-refractivity contribution in [2.45, 2.75) is 64.3 Å². The van der Waals surface area contributed by atoms with Gasteiger partial charge in [0, 0.05) is 24.6 Å². The zero-order chi connectivity index (χ0) is 20.7. The highest BCUT2D eigenvalue weighted by Crippen LogP contribution is 2.51. The Bertz CT molecular complexity index is 768. The third kappa shape index (κ3) is 4.11. The predicted molar refractivity (Wildman–Crippen MR) is 95.1 cm³/mol. The van der Waals surface area contributed by atoms with Gasteiger partial charge in [0.05, 0.1) is 25.4 Å². The summed E-state index contributed by atoms with van der Waals surface area (Å²) in [6.45, 7) is 3.26. The molecule has 3 rings (SSSR count). The molecule has 1 aliphatic heterocycles. The number of ether oxygens (including phenoxy) is 2. The Morgan fingerprint density at radius 3 is 2.50 bits per heavy atom. The van der Waals surface area contributed by atoms with Gasteiger partial charge in [-0.15, -0.1) is 0 Å². The van der Waals surface area contributed by atoms with Gasteiger partial charge >= 0.3 is 12.7 Å². The second-order valence-corrected chi connectivity index (χ2v) is 8.23. The van der Waals surface area contributed by atoms with Gasteiger partial charge in [0.25, 0.3) is 5.91 Å². The molecule has 0 unspecified atom stereocenters. The van der Waals surface area contributed by atoms with Gasteiger partial charge in [-0.25, -0.2) is 4.79 Å². The van der Waals surface area contributed by atoms with Crippen molar-refractivity contribution < 1.29 is 27.8 Å². The van der Waals surface area contributed by atoms with Crippen molar-refractivity contribution in [3.05, 3.63) is 17.0 Å². The number of hydrogen-bond donors (Lipinski definition) is 1. The van der Waals surface area contributed by atoms with Crippen LogP contribution in [0.4, 0.5) is 13.6 Å². The normalized spacial score (nSPS) is 18.0. The zero-order valence-electron chi connectivity index (χ0n) is 16.6. The molecule has 1 fully saturated rings. The SMILES string of the molecule is CNC(=O)c1nn2c(c1C1(COC(F)F)CC1)CN(C(=O)OC(C)(C)C)CC2. The first-order valence-corrected chi connectivity index (χ1v) is 9.26. The molecule has 0 atom stereocenters. The fraction of sp³-hybridized carbons (Fsp3) is 0.722. The maximum absolute atomic E-state index is 12.6. The number of fused-ring (bicyclic) bond motifs is 1. The number of halogens is 2. The van der Waals surface area contributed by atoms with Crippen LogP contribution < -0.4 is 5.32 Å². The Morgan fingerprint density at radius 2 is 1.96 bits per heavy atom. The van der Waals surface area contributed by atoms with E-state index in [-0.39, 0.29) is 24.8 Å². The van der Waals surface area contributed by atoms with Crippen molar-refractivity contribution in [2.24, 2.45) is 0 Å². The molecule has 1 N–H and O–H groups in total. The van der Waals surface area contributed by atoms with Crippen LogP contribution in [0.3, 0.4) is 0 Å². The number of carbonyl (C=O) groups is 2. The third-order valence-electron chi connectivity index (χ3n) is 4.94. The van der Waals surface area contributed by atoms with E-state index in [2.05, 4.69) is 15.2 Å². The number of carbonyl (C=O) groups excluding carboxylic acids is 2. The largest absolute Gasteiger partial charge is 0.444 e. The Kier molecular flexibility index (Phi) is 5.35. The monoisotopic (exact) mass is 400 g/mol. The summed E-state index contributed by atoms with van der Waals surface area (Å²) in [4.78, 5) is 26.4. The van der Waals surface area contributed by atoms with E-state index in [0.29, 0.717) is 37.2 Å². The topological polar surface area (TPSA) is 85.7 Å². The molecule has 0 radical (unpaired) electrons. The smallest absolute Gasteiger partial charge is 0.410 e. The van der Waals surface area contributed by atoms with Crippen molar-refractivity contribution in [1.82, 2.24) is 20.0 Å². The van der Waals surface area contributed by atoms with Crippen LogP contribution in [-0.4, -0.2) is 59.1 Å². The highest BCUT2D eigenvalue weighted by Gasteiger charge is 2.51. The summed E-state index contributed by atoms with van der Waals surface area (Å²) < 4.78 is 37.0. The van der Waals surface area contributed by atoms with Crippen LogP contribution in [0.25, 0.3) is 0 Å². The Morgan fingerprint density at radius 1 is 1.29 bits per heavy atom. The Balaban J connectivity index is 1.93. The second kappa shape index (κ2) is 7.31. The highest BCUT2D eigenvalue weighted by molar-refractivity contribution is 5.94. The van der Waals surface area contributed by atoms with Gasteiger partial charge < -0.3 is 19.7 Å². The van der Waals surface area contributed by atoms with Crippen LogP contribution in [0.5, 0.6) is 0 Å². The Labute approximate surface area is 162 Å². The molecule has 1 saturated carbocycles. The minimum Gasteiger partial charge on any atom is -0.444 e. The lowest BCUT2D eigenvalue weighted by Crippen LogP contribution is -2.42. The van der Waals surface area contributed by atoms with Crippen molar-refractivity contribution in [3.8, 4) is 0 Å². The molecule has 2 aliphatic rings. The van der Waals surface area contributed by atoms with Crippen molar-refractivity contribution >= 4 is 12.0 Å². The average molecular weight is 400 g/mol. The fourth-order valence-electron chi connectivity index (χ4n) is 3.47. The standard InChI is InChI=1S/C18H26F2N4O4/c1-17(2,3)28-16(26)23-7-8-24-11(9-23)12(13(22-24)14(25)21-4)18(5-6-18)10-27-15(19)20/h15H,5-10H2,1-4H3,(H,21,25). The molecule has 156 valence electrons. The molecule has 8 nitrogen and oxygen atoms in total. The number of nitrogens with one attached hydrogen (secondary N) is 1. The lowest BCUT2D eigenvalue weighted by atomic mass is 9.93. The van der Waals surface area contributed by atoms with Crippen LogP contribution in [0.1, 0.15) is 55.4 Å². The van der Waals surface area contributed by atoms with Gasteiger partial charge in [-0.1, -0.05) is 0 Å². The van der Waals surface area contributed by atoms with Gasteiger partial charge in [0.15, 0.2) is 5.69 Å². The molecular formula is C18H26F2N4O4. The van der Waals surface area contributed by atoms with Crippen molar-refractivity contribution in [2.75, 3.05) is 20.2 Å². The molecule has 2 amide bonds. The predicted octanol–water partition coefficient (Wildman–Crippen LogP) is 2.26. The molecule has 0 aromatic carbocycles. The second-order valence-electron chi connectivity index (χ2n) is 8.23. The van der Waals surface area contributed by atoms with Gasteiger partial charge in [-0.05, 0) is 33.6 Å². The lowest BCUT2D eigenvalue weighted by Gasteiger charge is -2.31. The first kappa shape index (κ1) is 20.5. The summed E-state index contributed by atoms with van der Waals surface area (Å²) in [5, 5.41) is 6.96. The number of alkyl halides is 2. The van der Waals surface area contributed by atoms with Crippen molar-refractivity contribution in [1.29, 1.82) is 0 Å². The number of amides is 2. The number of rotatable bonds is 5. The van der Waals surface area contributed by atoms with Crippen LogP contribution in [0.2, 0.25) is 0 Å². The molecule has 0 bridgehead atoms. The van der Waals surface area contributed by atoms with E-state index >= 15 is 0 Å². The molecule has 28 heavy (non-hydrogen) atoms. The average Bonchev–Trinajstić information content (AvgIpc) is 3.29. The molecule has 2 heterocycles. The summed E-state index contributed by atoms with van der Waals surface area (Å²) >= 11 is 0. The Hall–Kier alpha value is -2.23. The van der Waals surface area contributed by atoms with Crippen molar-refractivity contribution in [3.63, 3.8) is 0 Å². The summed E-state index contributed by atoms with van der Waals surface area (Å²) in [5.74, 6) is -0.385. The van der Waals surface area contributed by atoms with Crippen LogP contribution >= 0.6 is 0 Å². The zero-order valence-corrected chi connectivity index (χ0v) is 16.6. The maximum atomic E-state index is 12.6. The first-order valence-electron chi connectivity index (χ1n) is 9.26. The van der Waals surface area contributed by atoms with Gasteiger partial charge in [0.2, 0.25) is 0 Å². The van der Waals surface area contributed by atoms with Gasteiger partial charge in [0.1, 0.15) is 5.60 Å². The summed E-state index contributed by atoms with van der Waals surface area (Å²) in [7, 11) is 1.49. The van der Waals surface area contributed by atoms with Gasteiger partial charge in [-0.3, -0.25) is 9.48 Å². The summed E-state index contributed by atoms with van der Waals surface area (Å²) in [6, 6.07) is 0. The fourth-order valence-corrected chi connectivity index (χ4v) is 3.47. The summed E-state index contributed by atoms with van der Waals surface area (Å²) in [5.41, 5.74) is 0.168. The highest BCUT2D eigenvalue weighted by atomic mass is 19.3. The maximum Gasteiger partial charge on any atom is 0.410 e. The van der Waals surface area contributed by atoms with E-state index in [0.717, 1.165) is 0 Å². The van der Waals surface area contributed by atoms with Crippen LogP contribution in [0, 0.1) is 0 Å².